The van der Waals surface area contributed by atoms with Gasteiger partial charge in [0.15, 0.2) is 11.5 Å². The lowest BCUT2D eigenvalue weighted by Gasteiger charge is -2.16. The van der Waals surface area contributed by atoms with Crippen LogP contribution in [0.1, 0.15) is 22.3 Å². The second-order valence-corrected chi connectivity index (χ2v) is 7.46. The van der Waals surface area contributed by atoms with Crippen LogP contribution in [0.5, 0.6) is 23.1 Å². The van der Waals surface area contributed by atoms with Crippen molar-refractivity contribution in [3.8, 4) is 34.4 Å². The van der Waals surface area contributed by atoms with Gasteiger partial charge < -0.3 is 28.8 Å². The number of ketones is 1. The molecule has 0 spiro atoms. The molecule has 2 aromatic heterocycles. The number of hydrogen-bond donors (Lipinski definition) is 2. The smallest absolute Gasteiger partial charge is 0.235 e. The van der Waals surface area contributed by atoms with Gasteiger partial charge in [0, 0.05) is 36.6 Å². The molecule has 4 rings (SSSR count). The minimum absolute atomic E-state index is 0.00730. The number of carbonyl (C=O) groups excluding carboxylic acids is 1. The Hall–Kier alpha value is -4.20. The van der Waals surface area contributed by atoms with Crippen LogP contribution in [0.15, 0.2) is 67.3 Å². The SMILES string of the molecule is COc1ccc(OC)c(-c2c(C(=O)c3ccccc3)c(O)c(O)n2CCCn2ccnc2)c1. The molecule has 4 aromatic rings. The highest BCUT2D eigenvalue weighted by atomic mass is 16.5. The second-order valence-electron chi connectivity index (χ2n) is 7.46. The first-order valence-electron chi connectivity index (χ1n) is 10.5. The molecule has 0 radical (unpaired) electrons. The average molecular weight is 447 g/mol. The van der Waals surface area contributed by atoms with Crippen molar-refractivity contribution in [2.75, 3.05) is 14.2 Å². The van der Waals surface area contributed by atoms with Crippen LogP contribution < -0.4 is 9.47 Å². The Kier molecular flexibility index (Phi) is 6.35. The van der Waals surface area contributed by atoms with Gasteiger partial charge in [-0.15, -0.1) is 0 Å². The molecule has 0 atom stereocenters. The van der Waals surface area contributed by atoms with Crippen molar-refractivity contribution < 1.29 is 24.5 Å². The maximum absolute atomic E-state index is 13.5. The first-order valence-corrected chi connectivity index (χ1v) is 10.5. The van der Waals surface area contributed by atoms with E-state index in [9.17, 15) is 15.0 Å². The van der Waals surface area contributed by atoms with Gasteiger partial charge in [0.1, 0.15) is 11.5 Å². The van der Waals surface area contributed by atoms with E-state index in [1.54, 1.807) is 72.7 Å². The van der Waals surface area contributed by atoms with Crippen LogP contribution in [-0.2, 0) is 13.1 Å². The van der Waals surface area contributed by atoms with E-state index < -0.39 is 11.5 Å². The normalized spacial score (nSPS) is 10.8. The van der Waals surface area contributed by atoms with E-state index in [4.69, 9.17) is 9.47 Å². The molecule has 8 heteroatoms. The first kappa shape index (κ1) is 22.0. The van der Waals surface area contributed by atoms with Gasteiger partial charge in [0.2, 0.25) is 5.88 Å². The van der Waals surface area contributed by atoms with Crippen molar-refractivity contribution in [2.24, 2.45) is 0 Å². The number of aryl methyl sites for hydroxylation is 1. The number of carbonyl (C=O) groups is 1. The van der Waals surface area contributed by atoms with Crippen molar-refractivity contribution in [1.29, 1.82) is 0 Å². The third-order valence-electron chi connectivity index (χ3n) is 5.49. The van der Waals surface area contributed by atoms with Gasteiger partial charge in [0.25, 0.3) is 0 Å². The van der Waals surface area contributed by atoms with E-state index in [0.29, 0.717) is 47.8 Å². The molecule has 0 aliphatic carbocycles. The zero-order valence-corrected chi connectivity index (χ0v) is 18.4. The van der Waals surface area contributed by atoms with Crippen LogP contribution in [0.25, 0.3) is 11.3 Å². The van der Waals surface area contributed by atoms with Crippen LogP contribution in [0, 0.1) is 0 Å². The predicted octanol–water partition coefficient (Wildman–Crippen LogP) is 4.10. The standard InChI is InChI=1S/C25H25N3O5/c1-32-18-9-10-20(33-2)19(15-18)22-21(23(29)17-7-4-3-5-8-17)24(30)25(31)28(22)13-6-12-27-14-11-26-16-27/h3-5,7-11,14-16,30-31H,6,12-13H2,1-2H3. The van der Waals surface area contributed by atoms with Crippen molar-refractivity contribution in [3.05, 3.63) is 78.4 Å². The topological polar surface area (TPSA) is 98.7 Å². The molecule has 0 unspecified atom stereocenters. The maximum atomic E-state index is 13.5. The lowest BCUT2D eigenvalue weighted by atomic mass is 9.98. The predicted molar refractivity (Wildman–Crippen MR) is 123 cm³/mol. The molecule has 0 aliphatic heterocycles. The van der Waals surface area contributed by atoms with Crippen LogP contribution in [-0.4, -0.2) is 44.3 Å². The van der Waals surface area contributed by atoms with Gasteiger partial charge in [-0.1, -0.05) is 30.3 Å². The van der Waals surface area contributed by atoms with E-state index in [-0.39, 0.29) is 11.4 Å². The molecule has 8 nitrogen and oxygen atoms in total. The molecule has 0 amide bonds. The molecule has 2 heterocycles. The first-order chi connectivity index (χ1) is 16.0. The van der Waals surface area contributed by atoms with Gasteiger partial charge in [0.05, 0.1) is 31.8 Å². The van der Waals surface area contributed by atoms with Gasteiger partial charge in [-0.05, 0) is 24.6 Å². The Bertz CT molecular complexity index is 1250. The molecule has 33 heavy (non-hydrogen) atoms. The van der Waals surface area contributed by atoms with Crippen molar-refractivity contribution in [3.63, 3.8) is 0 Å². The summed E-state index contributed by atoms with van der Waals surface area (Å²) in [7, 11) is 3.07. The van der Waals surface area contributed by atoms with Crippen LogP contribution in [0.3, 0.4) is 0 Å². The molecule has 2 aromatic carbocycles. The fourth-order valence-corrected chi connectivity index (χ4v) is 3.87. The fourth-order valence-electron chi connectivity index (χ4n) is 3.87. The number of ether oxygens (including phenoxy) is 2. The molecular formula is C25H25N3O5. The Labute approximate surface area is 191 Å². The summed E-state index contributed by atoms with van der Waals surface area (Å²) in [5.74, 6) is -0.219. The minimum Gasteiger partial charge on any atom is -0.503 e. The van der Waals surface area contributed by atoms with E-state index in [2.05, 4.69) is 4.98 Å². The highest BCUT2D eigenvalue weighted by molar-refractivity contribution is 6.15. The van der Waals surface area contributed by atoms with E-state index in [0.717, 1.165) is 0 Å². The molecule has 0 aliphatic rings. The lowest BCUT2D eigenvalue weighted by molar-refractivity contribution is 0.103. The third kappa shape index (κ3) is 4.27. The monoisotopic (exact) mass is 447 g/mol. The minimum atomic E-state index is -0.466. The van der Waals surface area contributed by atoms with Crippen LogP contribution in [0.2, 0.25) is 0 Å². The van der Waals surface area contributed by atoms with E-state index in [1.165, 1.54) is 7.11 Å². The van der Waals surface area contributed by atoms with Crippen molar-refractivity contribution in [2.45, 2.75) is 19.5 Å². The number of aromatic hydroxyl groups is 2. The highest BCUT2D eigenvalue weighted by Crippen LogP contribution is 2.45. The third-order valence-corrected chi connectivity index (χ3v) is 5.49. The zero-order chi connectivity index (χ0) is 23.4. The van der Waals surface area contributed by atoms with Crippen molar-refractivity contribution >= 4 is 5.78 Å². The number of rotatable bonds is 9. The Balaban J connectivity index is 1.87. The summed E-state index contributed by atoms with van der Waals surface area (Å²) in [5, 5.41) is 21.8. The molecule has 0 saturated carbocycles. The summed E-state index contributed by atoms with van der Waals surface area (Å²) in [6.07, 6.45) is 5.88. The van der Waals surface area contributed by atoms with Crippen LogP contribution >= 0.6 is 0 Å². The summed E-state index contributed by atoms with van der Waals surface area (Å²) in [4.78, 5) is 17.5. The number of aromatic nitrogens is 3. The molecule has 2 N–H and O–H groups in total. The largest absolute Gasteiger partial charge is 0.503 e. The highest BCUT2D eigenvalue weighted by Gasteiger charge is 2.30. The summed E-state index contributed by atoms with van der Waals surface area (Å²) < 4.78 is 14.4. The maximum Gasteiger partial charge on any atom is 0.235 e. The Morgan fingerprint density at radius 2 is 1.82 bits per heavy atom. The van der Waals surface area contributed by atoms with Crippen molar-refractivity contribution in [1.82, 2.24) is 14.1 Å². The molecular weight excluding hydrogens is 422 g/mol. The number of benzene rings is 2. The Morgan fingerprint density at radius 3 is 2.48 bits per heavy atom. The lowest BCUT2D eigenvalue weighted by Crippen LogP contribution is -2.08. The van der Waals surface area contributed by atoms with E-state index >= 15 is 0 Å². The molecule has 0 saturated heterocycles. The van der Waals surface area contributed by atoms with Gasteiger partial charge in [-0.3, -0.25) is 4.79 Å². The Morgan fingerprint density at radius 1 is 1.03 bits per heavy atom. The summed E-state index contributed by atoms with van der Waals surface area (Å²) in [6, 6.07) is 13.8. The van der Waals surface area contributed by atoms with Gasteiger partial charge in [-0.2, -0.15) is 0 Å². The molecule has 0 bridgehead atoms. The zero-order valence-electron chi connectivity index (χ0n) is 18.4. The number of methoxy groups -OCH3 is 2. The molecule has 170 valence electrons. The van der Waals surface area contributed by atoms with Crippen LogP contribution in [0.4, 0.5) is 0 Å². The van der Waals surface area contributed by atoms with Gasteiger partial charge in [-0.25, -0.2) is 4.98 Å². The molecule has 0 fully saturated rings. The number of imidazole rings is 1. The summed E-state index contributed by atoms with van der Waals surface area (Å²) in [5.41, 5.74) is 1.29. The summed E-state index contributed by atoms with van der Waals surface area (Å²) in [6.45, 7) is 0.990. The average Bonchev–Trinajstić information content (AvgIpc) is 3.46. The summed E-state index contributed by atoms with van der Waals surface area (Å²) >= 11 is 0. The fraction of sp³-hybridized carbons (Fsp3) is 0.200. The van der Waals surface area contributed by atoms with E-state index in [1.807, 2.05) is 10.8 Å². The quantitative estimate of drug-likeness (QED) is 0.375. The number of nitrogens with zero attached hydrogens (tertiary/aromatic N) is 3. The van der Waals surface area contributed by atoms with Gasteiger partial charge >= 0.3 is 0 Å². The number of hydrogen-bond acceptors (Lipinski definition) is 6. The second kappa shape index (κ2) is 9.52.